The van der Waals surface area contributed by atoms with Crippen LogP contribution in [-0.2, 0) is 11.3 Å². The van der Waals surface area contributed by atoms with Gasteiger partial charge in [-0.25, -0.2) is 4.98 Å². The molecule has 0 aliphatic carbocycles. The minimum Gasteiger partial charge on any atom is -0.347 e. The zero-order chi connectivity index (χ0) is 18.7. The summed E-state index contributed by atoms with van der Waals surface area (Å²) >= 11 is 6.11. The Morgan fingerprint density at radius 3 is 1.96 bits per heavy atom. The molecule has 0 saturated carbocycles. The average Bonchev–Trinajstić information content (AvgIpc) is 3.25. The number of aromatic amines is 1. The van der Waals surface area contributed by atoms with Gasteiger partial charge in [-0.05, 0) is 34.7 Å². The van der Waals surface area contributed by atoms with Gasteiger partial charge < -0.3 is 4.98 Å². The number of halogens is 1. The zero-order valence-electron chi connectivity index (χ0n) is 15.2. The third kappa shape index (κ3) is 2.96. The minimum atomic E-state index is -0.526. The summed E-state index contributed by atoms with van der Waals surface area (Å²) in [6, 6.07) is 27.6. The first-order chi connectivity index (χ1) is 13.3. The van der Waals surface area contributed by atoms with Gasteiger partial charge in [-0.1, -0.05) is 78.9 Å². The maximum atomic E-state index is 6.11. The molecule has 0 saturated heterocycles. The molecule has 27 heavy (non-hydrogen) atoms. The van der Waals surface area contributed by atoms with E-state index in [4.69, 9.17) is 16.6 Å². The number of alkyl halides is 1. The molecule has 134 valence electrons. The Balaban J connectivity index is 2.10. The molecule has 1 N–H and O–H groups in total. The van der Waals surface area contributed by atoms with E-state index >= 15 is 0 Å². The highest BCUT2D eigenvalue weighted by molar-refractivity contribution is 6.17. The highest BCUT2D eigenvalue weighted by Gasteiger charge is 2.40. The number of imidazole rings is 1. The molecule has 2 nitrogen and oxygen atoms in total. The lowest BCUT2D eigenvalue weighted by Crippen LogP contribution is -2.32. The highest BCUT2D eigenvalue weighted by Crippen LogP contribution is 2.43. The highest BCUT2D eigenvalue weighted by atomic mass is 35.5. The van der Waals surface area contributed by atoms with Crippen molar-refractivity contribution in [2.24, 2.45) is 0 Å². The minimum absolute atomic E-state index is 0.510. The number of benzene rings is 3. The van der Waals surface area contributed by atoms with Crippen molar-refractivity contribution in [2.75, 3.05) is 0 Å². The number of H-pyrrole nitrogens is 1. The molecule has 0 aliphatic rings. The fourth-order valence-corrected chi connectivity index (χ4v) is 4.14. The monoisotopic (exact) mass is 372 g/mol. The van der Waals surface area contributed by atoms with E-state index in [0.717, 1.165) is 11.4 Å². The van der Waals surface area contributed by atoms with E-state index in [0.29, 0.717) is 5.88 Å². The van der Waals surface area contributed by atoms with Gasteiger partial charge in [-0.15, -0.1) is 11.6 Å². The van der Waals surface area contributed by atoms with Gasteiger partial charge in [-0.3, -0.25) is 0 Å². The van der Waals surface area contributed by atoms with Crippen molar-refractivity contribution in [1.82, 2.24) is 9.97 Å². The summed E-state index contributed by atoms with van der Waals surface area (Å²) in [6.07, 6.45) is 3.70. The van der Waals surface area contributed by atoms with Crippen LogP contribution >= 0.6 is 11.6 Å². The molecule has 4 rings (SSSR count). The summed E-state index contributed by atoms with van der Waals surface area (Å²) in [5.41, 5.74) is 5.32. The van der Waals surface area contributed by atoms with Crippen LogP contribution in [0.2, 0.25) is 0 Å². The van der Waals surface area contributed by atoms with E-state index in [-0.39, 0.29) is 0 Å². The maximum absolute atomic E-state index is 6.11. The molecule has 0 fully saturated rings. The van der Waals surface area contributed by atoms with Gasteiger partial charge >= 0.3 is 0 Å². The molecule has 0 atom stereocenters. The van der Waals surface area contributed by atoms with Gasteiger partial charge in [0.15, 0.2) is 0 Å². The smallest absolute Gasteiger partial charge is 0.125 e. The summed E-state index contributed by atoms with van der Waals surface area (Å²) in [5.74, 6) is 1.41. The fourth-order valence-electron chi connectivity index (χ4n) is 3.84. The van der Waals surface area contributed by atoms with Crippen LogP contribution in [0.3, 0.4) is 0 Å². The Morgan fingerprint density at radius 1 is 0.852 bits per heavy atom. The van der Waals surface area contributed by atoms with Crippen molar-refractivity contribution in [3.63, 3.8) is 0 Å². The van der Waals surface area contributed by atoms with Crippen LogP contribution in [-0.4, -0.2) is 9.97 Å². The van der Waals surface area contributed by atoms with Crippen LogP contribution in [0.25, 0.3) is 0 Å². The Morgan fingerprint density at radius 2 is 1.48 bits per heavy atom. The molecule has 4 aromatic rings. The maximum Gasteiger partial charge on any atom is 0.125 e. The van der Waals surface area contributed by atoms with Crippen LogP contribution in [0.15, 0.2) is 91.3 Å². The number of hydrogen-bond donors (Lipinski definition) is 1. The Hall–Kier alpha value is -2.84. The molecule has 1 aromatic heterocycles. The first kappa shape index (κ1) is 17.6. The van der Waals surface area contributed by atoms with Crippen molar-refractivity contribution in [1.29, 1.82) is 0 Å². The van der Waals surface area contributed by atoms with Crippen molar-refractivity contribution < 1.29 is 0 Å². The van der Waals surface area contributed by atoms with Gasteiger partial charge in [0, 0.05) is 18.3 Å². The molecule has 0 aliphatic heterocycles. The van der Waals surface area contributed by atoms with E-state index in [1.807, 2.05) is 24.5 Å². The normalized spacial score (nSPS) is 11.5. The van der Waals surface area contributed by atoms with Crippen molar-refractivity contribution in [3.8, 4) is 0 Å². The first-order valence-corrected chi connectivity index (χ1v) is 9.57. The molecule has 3 heteroatoms. The van der Waals surface area contributed by atoms with Crippen LogP contribution in [0, 0.1) is 6.92 Å². The lowest BCUT2D eigenvalue weighted by atomic mass is 9.68. The van der Waals surface area contributed by atoms with E-state index in [1.165, 1.54) is 22.3 Å². The van der Waals surface area contributed by atoms with E-state index in [9.17, 15) is 0 Å². The Kier molecular flexibility index (Phi) is 4.83. The molecule has 0 amide bonds. The molecular weight excluding hydrogens is 352 g/mol. The van der Waals surface area contributed by atoms with Gasteiger partial charge in [0.1, 0.15) is 11.2 Å². The summed E-state index contributed by atoms with van der Waals surface area (Å²) in [7, 11) is 0. The van der Waals surface area contributed by atoms with Crippen molar-refractivity contribution >= 4 is 11.6 Å². The van der Waals surface area contributed by atoms with Crippen LogP contribution < -0.4 is 0 Å². The summed E-state index contributed by atoms with van der Waals surface area (Å²) in [4.78, 5) is 8.09. The number of aromatic nitrogens is 2. The number of nitrogens with zero attached hydrogens (tertiary/aromatic N) is 1. The van der Waals surface area contributed by atoms with Crippen molar-refractivity contribution in [2.45, 2.75) is 18.2 Å². The summed E-state index contributed by atoms with van der Waals surface area (Å²) < 4.78 is 0. The lowest BCUT2D eigenvalue weighted by molar-refractivity contribution is 0.691. The van der Waals surface area contributed by atoms with Gasteiger partial charge in [-0.2, -0.15) is 0 Å². The second-order valence-electron chi connectivity index (χ2n) is 6.69. The molecular formula is C24H21ClN2. The standard InChI is InChI=1S/C24H21ClN2/c1-18-16-22(13-12-19(18)17-25)24(23-26-14-15-27-23,20-8-4-2-5-9-20)21-10-6-3-7-11-21/h2-16H,17H2,1H3,(H,26,27). The van der Waals surface area contributed by atoms with Crippen LogP contribution in [0.1, 0.15) is 33.6 Å². The van der Waals surface area contributed by atoms with Gasteiger partial charge in [0.2, 0.25) is 0 Å². The van der Waals surface area contributed by atoms with Gasteiger partial charge in [0.25, 0.3) is 0 Å². The molecule has 0 radical (unpaired) electrons. The van der Waals surface area contributed by atoms with E-state index in [1.54, 1.807) is 0 Å². The Bertz CT molecular complexity index is 969. The average molecular weight is 373 g/mol. The molecule has 3 aromatic carbocycles. The predicted octanol–water partition coefficient (Wildman–Crippen LogP) is 5.84. The topological polar surface area (TPSA) is 28.7 Å². The number of rotatable bonds is 5. The quantitative estimate of drug-likeness (QED) is 0.346. The third-order valence-electron chi connectivity index (χ3n) is 5.19. The van der Waals surface area contributed by atoms with Crippen LogP contribution in [0.5, 0.6) is 0 Å². The van der Waals surface area contributed by atoms with Crippen LogP contribution in [0.4, 0.5) is 0 Å². The van der Waals surface area contributed by atoms with E-state index in [2.05, 4.69) is 78.6 Å². The SMILES string of the molecule is Cc1cc(C(c2ccccc2)(c2ccccc2)c2ncc[nH]2)ccc1CCl. The largest absolute Gasteiger partial charge is 0.347 e. The summed E-state index contributed by atoms with van der Waals surface area (Å²) in [6.45, 7) is 2.12. The molecule has 1 heterocycles. The number of hydrogen-bond acceptors (Lipinski definition) is 1. The predicted molar refractivity (Wildman–Crippen MR) is 111 cm³/mol. The number of aryl methyl sites for hydroxylation is 1. The first-order valence-electron chi connectivity index (χ1n) is 9.03. The van der Waals surface area contributed by atoms with Gasteiger partial charge in [0.05, 0.1) is 0 Å². The fraction of sp³-hybridized carbons (Fsp3) is 0.125. The Labute approximate surface area is 164 Å². The molecule has 0 spiro atoms. The van der Waals surface area contributed by atoms with Crippen molar-refractivity contribution in [3.05, 3.63) is 125 Å². The van der Waals surface area contributed by atoms with E-state index < -0.39 is 5.41 Å². The molecule has 0 bridgehead atoms. The lowest BCUT2D eigenvalue weighted by Gasteiger charge is -2.34. The number of nitrogens with one attached hydrogen (secondary N) is 1. The second kappa shape index (κ2) is 7.42. The zero-order valence-corrected chi connectivity index (χ0v) is 15.9. The summed E-state index contributed by atoms with van der Waals surface area (Å²) in [5, 5.41) is 0. The third-order valence-corrected chi connectivity index (χ3v) is 5.47. The molecule has 0 unspecified atom stereocenters. The second-order valence-corrected chi connectivity index (χ2v) is 6.96.